The number of amides is 1. The standard InChI is InChI=1S/C19H20Cl2N2O3/c20-15-9-14(10-16(21)11-15)17(24)18(25)23-7-3-19(26,4-8-23)12-13-1-5-22-6-2-13/h1-2,5-6,9-11,17,24,26H,3-4,7-8,12H2. The Morgan fingerprint density at radius 3 is 2.31 bits per heavy atom. The highest BCUT2D eigenvalue weighted by atomic mass is 35.5. The maximum atomic E-state index is 12.6. The second-order valence-corrected chi connectivity index (χ2v) is 7.56. The summed E-state index contributed by atoms with van der Waals surface area (Å²) >= 11 is 11.9. The molecule has 0 saturated carbocycles. The van der Waals surface area contributed by atoms with Gasteiger partial charge in [-0.15, -0.1) is 0 Å². The molecule has 138 valence electrons. The van der Waals surface area contributed by atoms with E-state index in [-0.39, 0.29) is 0 Å². The molecule has 26 heavy (non-hydrogen) atoms. The van der Waals surface area contributed by atoms with Crippen LogP contribution in [-0.2, 0) is 11.2 Å². The van der Waals surface area contributed by atoms with Gasteiger partial charge >= 0.3 is 0 Å². The molecule has 5 nitrogen and oxygen atoms in total. The normalized spacial score (nSPS) is 17.8. The van der Waals surface area contributed by atoms with Crippen molar-refractivity contribution in [1.82, 2.24) is 9.88 Å². The number of nitrogens with zero attached hydrogens (tertiary/aromatic N) is 2. The van der Waals surface area contributed by atoms with E-state index in [1.54, 1.807) is 23.4 Å². The van der Waals surface area contributed by atoms with E-state index in [1.165, 1.54) is 12.1 Å². The van der Waals surface area contributed by atoms with Crippen molar-refractivity contribution in [2.75, 3.05) is 13.1 Å². The van der Waals surface area contributed by atoms with E-state index in [1.807, 2.05) is 12.1 Å². The lowest BCUT2D eigenvalue weighted by Gasteiger charge is -2.39. The smallest absolute Gasteiger partial charge is 0.256 e. The van der Waals surface area contributed by atoms with Crippen LogP contribution in [0.5, 0.6) is 0 Å². The Kier molecular flexibility index (Phi) is 5.82. The van der Waals surface area contributed by atoms with Gasteiger partial charge in [0.25, 0.3) is 5.91 Å². The fraction of sp³-hybridized carbons (Fsp3) is 0.368. The summed E-state index contributed by atoms with van der Waals surface area (Å²) in [6.45, 7) is 0.761. The summed E-state index contributed by atoms with van der Waals surface area (Å²) in [5, 5.41) is 21.9. The predicted octanol–water partition coefficient (Wildman–Crippen LogP) is 3.02. The summed E-state index contributed by atoms with van der Waals surface area (Å²) in [5.74, 6) is -0.408. The molecule has 0 aliphatic carbocycles. The van der Waals surface area contributed by atoms with Gasteiger partial charge in [0.2, 0.25) is 0 Å². The Balaban J connectivity index is 1.62. The van der Waals surface area contributed by atoms with Crippen molar-refractivity contribution in [3.8, 4) is 0 Å². The molecule has 2 heterocycles. The molecule has 1 aromatic carbocycles. The number of carbonyl (C=O) groups excluding carboxylic acids is 1. The minimum Gasteiger partial charge on any atom is -0.389 e. The van der Waals surface area contributed by atoms with E-state index in [9.17, 15) is 15.0 Å². The molecular weight excluding hydrogens is 375 g/mol. The van der Waals surface area contributed by atoms with Crippen molar-refractivity contribution in [2.45, 2.75) is 31.0 Å². The number of benzene rings is 1. The van der Waals surface area contributed by atoms with Gasteiger partial charge in [0.1, 0.15) is 0 Å². The van der Waals surface area contributed by atoms with Crippen LogP contribution in [0.25, 0.3) is 0 Å². The fourth-order valence-corrected chi connectivity index (χ4v) is 3.79. The Morgan fingerprint density at radius 2 is 1.73 bits per heavy atom. The first-order valence-electron chi connectivity index (χ1n) is 8.40. The molecule has 1 amide bonds. The van der Waals surface area contributed by atoms with Gasteiger partial charge in [-0.2, -0.15) is 0 Å². The first kappa shape index (κ1) is 19.1. The second kappa shape index (κ2) is 7.92. The molecule has 1 atom stereocenters. The SMILES string of the molecule is O=C(C(O)c1cc(Cl)cc(Cl)c1)N1CCC(O)(Cc2ccncc2)CC1. The number of carbonyl (C=O) groups is 1. The van der Waals surface area contributed by atoms with Crippen molar-refractivity contribution in [3.63, 3.8) is 0 Å². The van der Waals surface area contributed by atoms with E-state index in [2.05, 4.69) is 4.98 Å². The van der Waals surface area contributed by atoms with Crippen LogP contribution in [0.15, 0.2) is 42.7 Å². The molecule has 1 unspecified atom stereocenters. The molecule has 1 aliphatic heterocycles. The van der Waals surface area contributed by atoms with Gasteiger partial charge in [-0.05, 0) is 54.3 Å². The van der Waals surface area contributed by atoms with Crippen molar-refractivity contribution in [1.29, 1.82) is 0 Å². The molecule has 0 bridgehead atoms. The minimum absolute atomic E-state index is 0.365. The molecule has 2 N–H and O–H groups in total. The number of aromatic nitrogens is 1. The molecule has 1 aliphatic rings. The predicted molar refractivity (Wildman–Crippen MR) is 100 cm³/mol. The van der Waals surface area contributed by atoms with Gasteiger partial charge in [0, 0.05) is 41.9 Å². The highest BCUT2D eigenvalue weighted by Gasteiger charge is 2.35. The van der Waals surface area contributed by atoms with Crippen LogP contribution in [0.3, 0.4) is 0 Å². The van der Waals surface area contributed by atoms with Crippen LogP contribution in [0.2, 0.25) is 10.0 Å². The van der Waals surface area contributed by atoms with Crippen LogP contribution in [0.1, 0.15) is 30.1 Å². The van der Waals surface area contributed by atoms with Crippen LogP contribution in [-0.4, -0.2) is 44.7 Å². The van der Waals surface area contributed by atoms with E-state index < -0.39 is 17.6 Å². The third kappa shape index (κ3) is 4.54. The molecule has 1 saturated heterocycles. The highest BCUT2D eigenvalue weighted by molar-refractivity contribution is 6.34. The number of piperidine rings is 1. The van der Waals surface area contributed by atoms with Crippen molar-refractivity contribution in [3.05, 3.63) is 63.9 Å². The highest BCUT2D eigenvalue weighted by Crippen LogP contribution is 2.29. The zero-order chi connectivity index (χ0) is 18.7. The lowest BCUT2D eigenvalue weighted by Crippen LogP contribution is -2.49. The number of hydrogen-bond acceptors (Lipinski definition) is 4. The second-order valence-electron chi connectivity index (χ2n) is 6.69. The third-order valence-corrected chi connectivity index (χ3v) is 5.16. The summed E-state index contributed by atoms with van der Waals surface area (Å²) in [6, 6.07) is 8.35. The van der Waals surface area contributed by atoms with E-state index in [0.717, 1.165) is 5.56 Å². The molecular formula is C19H20Cl2N2O3. The van der Waals surface area contributed by atoms with Crippen molar-refractivity contribution in [2.24, 2.45) is 0 Å². The minimum atomic E-state index is -1.32. The molecule has 2 aromatic rings. The maximum Gasteiger partial charge on any atom is 0.256 e. The molecule has 1 aromatic heterocycles. The van der Waals surface area contributed by atoms with Gasteiger partial charge in [0.15, 0.2) is 6.10 Å². The fourth-order valence-electron chi connectivity index (χ4n) is 3.25. The Labute approximate surface area is 162 Å². The average molecular weight is 395 g/mol. The van der Waals surface area contributed by atoms with Gasteiger partial charge in [-0.25, -0.2) is 0 Å². The van der Waals surface area contributed by atoms with Gasteiger partial charge in [-0.1, -0.05) is 23.2 Å². The summed E-state index contributed by atoms with van der Waals surface area (Å²) < 4.78 is 0. The van der Waals surface area contributed by atoms with E-state index >= 15 is 0 Å². The summed E-state index contributed by atoms with van der Waals surface area (Å²) in [7, 11) is 0. The monoisotopic (exact) mass is 394 g/mol. The third-order valence-electron chi connectivity index (χ3n) is 4.72. The summed E-state index contributed by atoms with van der Waals surface area (Å²) in [4.78, 5) is 18.1. The molecule has 0 spiro atoms. The molecule has 3 rings (SSSR count). The number of pyridine rings is 1. The van der Waals surface area contributed by atoms with Crippen LogP contribution >= 0.6 is 23.2 Å². The summed E-state index contributed by atoms with van der Waals surface area (Å²) in [6.07, 6.45) is 3.49. The number of aliphatic hydroxyl groups excluding tert-OH is 1. The van der Waals surface area contributed by atoms with E-state index in [0.29, 0.717) is 48.0 Å². The average Bonchev–Trinajstić information content (AvgIpc) is 2.61. The van der Waals surface area contributed by atoms with Crippen molar-refractivity contribution < 1.29 is 15.0 Å². The molecule has 0 radical (unpaired) electrons. The number of rotatable bonds is 4. The van der Waals surface area contributed by atoms with Gasteiger partial charge < -0.3 is 15.1 Å². The lowest BCUT2D eigenvalue weighted by atomic mass is 9.85. The number of hydrogen-bond donors (Lipinski definition) is 2. The first-order valence-corrected chi connectivity index (χ1v) is 9.16. The Morgan fingerprint density at radius 1 is 1.15 bits per heavy atom. The number of halogens is 2. The van der Waals surface area contributed by atoms with Crippen LogP contribution in [0.4, 0.5) is 0 Å². The van der Waals surface area contributed by atoms with Crippen LogP contribution < -0.4 is 0 Å². The number of aliphatic hydroxyl groups is 2. The topological polar surface area (TPSA) is 73.7 Å². The van der Waals surface area contributed by atoms with E-state index in [4.69, 9.17) is 23.2 Å². The first-order chi connectivity index (χ1) is 12.4. The molecule has 7 heteroatoms. The van der Waals surface area contributed by atoms with Crippen molar-refractivity contribution >= 4 is 29.1 Å². The number of likely N-dealkylation sites (tertiary alicyclic amines) is 1. The zero-order valence-electron chi connectivity index (χ0n) is 14.1. The molecule has 1 fully saturated rings. The van der Waals surface area contributed by atoms with Crippen LogP contribution in [0, 0.1) is 0 Å². The Hall–Kier alpha value is -1.66. The lowest BCUT2D eigenvalue weighted by molar-refractivity contribution is -0.144. The largest absolute Gasteiger partial charge is 0.389 e. The maximum absolute atomic E-state index is 12.6. The summed E-state index contributed by atoms with van der Waals surface area (Å²) in [5.41, 5.74) is 0.517. The quantitative estimate of drug-likeness (QED) is 0.835. The zero-order valence-corrected chi connectivity index (χ0v) is 15.6. The van der Waals surface area contributed by atoms with Gasteiger partial charge in [0.05, 0.1) is 5.60 Å². The van der Waals surface area contributed by atoms with Gasteiger partial charge in [-0.3, -0.25) is 9.78 Å². The Bertz CT molecular complexity index is 757.